The van der Waals surface area contributed by atoms with Gasteiger partial charge in [0.05, 0.1) is 10.7 Å². The highest BCUT2D eigenvalue weighted by molar-refractivity contribution is 6.33. The first-order valence-electron chi connectivity index (χ1n) is 8.27. The summed E-state index contributed by atoms with van der Waals surface area (Å²) in [4.78, 5) is 29.3. The zero-order chi connectivity index (χ0) is 19.8. The maximum absolute atomic E-state index is 13.3. The minimum absolute atomic E-state index is 0.138. The van der Waals surface area contributed by atoms with Crippen molar-refractivity contribution in [1.82, 2.24) is 19.3 Å². The van der Waals surface area contributed by atoms with E-state index < -0.39 is 16.9 Å². The Morgan fingerprint density at radius 1 is 1.19 bits per heavy atom. The summed E-state index contributed by atoms with van der Waals surface area (Å²) >= 11 is 6.23. The number of hydrogen-bond donors (Lipinski definition) is 0. The van der Waals surface area contributed by atoms with E-state index in [1.165, 1.54) is 41.2 Å². The molecule has 0 fully saturated rings. The fourth-order valence-electron chi connectivity index (χ4n) is 2.44. The molecule has 0 bridgehead atoms. The normalized spacial score (nSPS) is 11.6. The van der Waals surface area contributed by atoms with Crippen LogP contribution in [0.1, 0.15) is 20.8 Å². The lowest BCUT2D eigenvalue weighted by Gasteiger charge is -2.15. The Kier molecular flexibility index (Phi) is 4.97. The molecule has 0 unspecified atom stereocenters. The number of nitrogens with zero attached hydrogens (tertiary/aromatic N) is 4. The number of halogens is 2. The molecule has 0 N–H and O–H groups in total. The predicted molar refractivity (Wildman–Crippen MR) is 100 cm³/mol. The SMILES string of the molecule is CC(C)(C)C(=O)Cn1nc(-c2ccncc2Cl)n(-c2ccc(F)cc2)c1=O. The summed E-state index contributed by atoms with van der Waals surface area (Å²) in [5, 5.41) is 4.64. The zero-order valence-electron chi connectivity index (χ0n) is 15.1. The second kappa shape index (κ2) is 7.08. The summed E-state index contributed by atoms with van der Waals surface area (Å²) < 4.78 is 15.7. The van der Waals surface area contributed by atoms with E-state index in [9.17, 15) is 14.0 Å². The molecule has 2 aromatic heterocycles. The van der Waals surface area contributed by atoms with Gasteiger partial charge in [0.25, 0.3) is 0 Å². The van der Waals surface area contributed by atoms with E-state index in [2.05, 4.69) is 10.1 Å². The lowest BCUT2D eigenvalue weighted by molar-refractivity contribution is -0.127. The van der Waals surface area contributed by atoms with Gasteiger partial charge in [-0.25, -0.2) is 18.4 Å². The third-order valence-corrected chi connectivity index (χ3v) is 4.37. The molecular formula is C19H18ClFN4O2. The molecule has 27 heavy (non-hydrogen) atoms. The van der Waals surface area contributed by atoms with E-state index in [1.54, 1.807) is 26.8 Å². The third-order valence-electron chi connectivity index (χ3n) is 4.07. The van der Waals surface area contributed by atoms with Gasteiger partial charge in [0.15, 0.2) is 11.6 Å². The highest BCUT2D eigenvalue weighted by Gasteiger charge is 2.25. The van der Waals surface area contributed by atoms with Gasteiger partial charge in [-0.15, -0.1) is 5.10 Å². The van der Waals surface area contributed by atoms with Crippen LogP contribution in [0.3, 0.4) is 0 Å². The topological polar surface area (TPSA) is 69.8 Å². The van der Waals surface area contributed by atoms with E-state index in [0.717, 1.165) is 4.68 Å². The van der Waals surface area contributed by atoms with Gasteiger partial charge in [-0.05, 0) is 30.3 Å². The standard InChI is InChI=1S/C19H18ClFN4O2/c1-19(2,3)16(26)11-24-18(27)25(13-6-4-12(21)5-7-13)17(23-24)14-8-9-22-10-15(14)20/h4-10H,11H2,1-3H3. The Bertz CT molecular complexity index is 1050. The summed E-state index contributed by atoms with van der Waals surface area (Å²) in [5.41, 5.74) is -0.232. The van der Waals surface area contributed by atoms with Crippen molar-refractivity contribution in [2.75, 3.05) is 0 Å². The van der Waals surface area contributed by atoms with Crippen LogP contribution in [0, 0.1) is 11.2 Å². The largest absolute Gasteiger partial charge is 0.351 e. The molecule has 140 valence electrons. The van der Waals surface area contributed by atoms with Crippen LogP contribution in [0.5, 0.6) is 0 Å². The van der Waals surface area contributed by atoms with Crippen molar-refractivity contribution in [3.05, 3.63) is 64.0 Å². The first-order chi connectivity index (χ1) is 12.7. The molecule has 0 amide bonds. The van der Waals surface area contributed by atoms with E-state index >= 15 is 0 Å². The van der Waals surface area contributed by atoms with Crippen molar-refractivity contribution in [1.29, 1.82) is 0 Å². The number of benzene rings is 1. The minimum Gasteiger partial charge on any atom is -0.297 e. The molecule has 0 saturated carbocycles. The molecule has 0 radical (unpaired) electrons. The molecule has 3 aromatic rings. The van der Waals surface area contributed by atoms with Crippen molar-refractivity contribution in [3.8, 4) is 17.1 Å². The number of ketones is 1. The van der Waals surface area contributed by atoms with Gasteiger partial charge in [-0.3, -0.25) is 9.78 Å². The quantitative estimate of drug-likeness (QED) is 0.685. The van der Waals surface area contributed by atoms with Gasteiger partial charge in [-0.2, -0.15) is 0 Å². The predicted octanol–water partition coefficient (Wildman–Crippen LogP) is 3.50. The molecule has 2 heterocycles. The second-order valence-corrected chi connectivity index (χ2v) is 7.51. The van der Waals surface area contributed by atoms with Crippen molar-refractivity contribution in [2.45, 2.75) is 27.3 Å². The van der Waals surface area contributed by atoms with E-state index in [0.29, 0.717) is 16.3 Å². The van der Waals surface area contributed by atoms with Crippen LogP contribution in [-0.2, 0) is 11.3 Å². The average molecular weight is 389 g/mol. The first kappa shape index (κ1) is 19.0. The highest BCUT2D eigenvalue weighted by Crippen LogP contribution is 2.26. The maximum Gasteiger partial charge on any atom is 0.351 e. The molecule has 1 aromatic carbocycles. The lowest BCUT2D eigenvalue weighted by Crippen LogP contribution is -2.32. The Hall–Kier alpha value is -2.80. The van der Waals surface area contributed by atoms with Crippen LogP contribution in [0.2, 0.25) is 5.02 Å². The van der Waals surface area contributed by atoms with Crippen LogP contribution in [0.25, 0.3) is 17.1 Å². The molecule has 0 atom stereocenters. The Morgan fingerprint density at radius 3 is 2.44 bits per heavy atom. The number of hydrogen-bond acceptors (Lipinski definition) is 4. The number of pyridine rings is 1. The zero-order valence-corrected chi connectivity index (χ0v) is 15.9. The second-order valence-electron chi connectivity index (χ2n) is 7.10. The fraction of sp³-hybridized carbons (Fsp3) is 0.263. The molecule has 0 spiro atoms. The van der Waals surface area contributed by atoms with Gasteiger partial charge >= 0.3 is 5.69 Å². The van der Waals surface area contributed by atoms with Crippen molar-refractivity contribution >= 4 is 17.4 Å². The Labute approximate surface area is 160 Å². The van der Waals surface area contributed by atoms with Crippen molar-refractivity contribution in [2.24, 2.45) is 5.41 Å². The summed E-state index contributed by atoms with van der Waals surface area (Å²) in [6, 6.07) is 7.05. The summed E-state index contributed by atoms with van der Waals surface area (Å²) in [6.45, 7) is 5.15. The minimum atomic E-state index is -0.617. The summed E-state index contributed by atoms with van der Waals surface area (Å²) in [6.07, 6.45) is 2.97. The average Bonchev–Trinajstić information content (AvgIpc) is 2.92. The van der Waals surface area contributed by atoms with Crippen LogP contribution in [0.15, 0.2) is 47.5 Å². The van der Waals surface area contributed by atoms with Gasteiger partial charge in [0, 0.05) is 23.4 Å². The van der Waals surface area contributed by atoms with Crippen molar-refractivity contribution < 1.29 is 9.18 Å². The van der Waals surface area contributed by atoms with Crippen molar-refractivity contribution in [3.63, 3.8) is 0 Å². The number of Topliss-reactive ketones (excluding diaryl/α,β-unsaturated/α-hetero) is 1. The van der Waals surface area contributed by atoms with Gasteiger partial charge in [-0.1, -0.05) is 32.4 Å². The molecular weight excluding hydrogens is 371 g/mol. The fourth-order valence-corrected chi connectivity index (χ4v) is 2.64. The van der Waals surface area contributed by atoms with E-state index in [-0.39, 0.29) is 18.2 Å². The third kappa shape index (κ3) is 3.83. The smallest absolute Gasteiger partial charge is 0.297 e. The first-order valence-corrected chi connectivity index (χ1v) is 8.65. The summed E-state index contributed by atoms with van der Waals surface area (Å²) in [5.74, 6) is -0.313. The van der Waals surface area contributed by atoms with Gasteiger partial charge in [0.1, 0.15) is 12.4 Å². The molecule has 0 aliphatic rings. The van der Waals surface area contributed by atoms with E-state index in [1.807, 2.05) is 0 Å². The maximum atomic E-state index is 13.3. The van der Waals surface area contributed by atoms with Crippen LogP contribution in [-0.4, -0.2) is 25.1 Å². The Morgan fingerprint density at radius 2 is 1.85 bits per heavy atom. The number of aromatic nitrogens is 4. The number of carbonyl (C=O) groups excluding carboxylic acids is 1. The molecule has 6 nitrogen and oxygen atoms in total. The monoisotopic (exact) mass is 388 g/mol. The molecule has 8 heteroatoms. The lowest BCUT2D eigenvalue weighted by atomic mass is 9.91. The Balaban J connectivity index is 2.21. The van der Waals surface area contributed by atoms with Crippen LogP contribution in [0.4, 0.5) is 4.39 Å². The molecule has 0 saturated heterocycles. The van der Waals surface area contributed by atoms with Crippen LogP contribution >= 0.6 is 11.6 Å². The summed E-state index contributed by atoms with van der Waals surface area (Å²) in [7, 11) is 0. The number of carbonyl (C=O) groups is 1. The molecule has 0 aliphatic carbocycles. The number of rotatable bonds is 4. The molecule has 0 aliphatic heterocycles. The molecule has 3 rings (SSSR count). The van der Waals surface area contributed by atoms with Crippen LogP contribution < -0.4 is 5.69 Å². The highest BCUT2D eigenvalue weighted by atomic mass is 35.5. The van der Waals surface area contributed by atoms with E-state index in [4.69, 9.17) is 11.6 Å². The van der Waals surface area contributed by atoms with Gasteiger partial charge in [0.2, 0.25) is 0 Å². The van der Waals surface area contributed by atoms with Gasteiger partial charge < -0.3 is 0 Å².